The first kappa shape index (κ1) is 13.1. The first-order chi connectivity index (χ1) is 8.25. The van der Waals surface area contributed by atoms with Gasteiger partial charge in [-0.2, -0.15) is 13.2 Å². The summed E-state index contributed by atoms with van der Waals surface area (Å²) in [5.74, 6) is -0.914. The Kier molecular flexibility index (Phi) is 3.01. The van der Waals surface area contributed by atoms with E-state index in [0.717, 1.165) is 12.1 Å². The van der Waals surface area contributed by atoms with Gasteiger partial charge in [-0.05, 0) is 24.6 Å². The third-order valence-corrected chi connectivity index (χ3v) is 3.24. The summed E-state index contributed by atoms with van der Waals surface area (Å²) in [5, 5.41) is 9.78. The molecule has 2 rings (SSSR count). The first-order valence-corrected chi connectivity index (χ1v) is 5.59. The van der Waals surface area contributed by atoms with E-state index in [4.69, 9.17) is 0 Å². The van der Waals surface area contributed by atoms with E-state index in [1.807, 2.05) is 0 Å². The van der Waals surface area contributed by atoms with Gasteiger partial charge in [-0.3, -0.25) is 0 Å². The largest absolute Gasteiger partial charge is 0.416 e. The summed E-state index contributed by atoms with van der Waals surface area (Å²) in [4.78, 5) is 1.53. The van der Waals surface area contributed by atoms with Crippen molar-refractivity contribution < 1.29 is 22.7 Å². The van der Waals surface area contributed by atoms with Crippen LogP contribution in [0.25, 0.3) is 0 Å². The fraction of sp³-hybridized carbons (Fsp3) is 0.500. The zero-order chi connectivity index (χ0) is 13.6. The average molecular weight is 263 g/mol. The van der Waals surface area contributed by atoms with Gasteiger partial charge in [-0.15, -0.1) is 0 Å². The molecule has 100 valence electrons. The van der Waals surface area contributed by atoms with E-state index in [9.17, 15) is 22.7 Å². The molecule has 1 aliphatic heterocycles. The Morgan fingerprint density at radius 3 is 2.39 bits per heavy atom. The van der Waals surface area contributed by atoms with Gasteiger partial charge in [0.15, 0.2) is 0 Å². The summed E-state index contributed by atoms with van der Waals surface area (Å²) in [6.45, 7) is 2.29. The second-order valence-corrected chi connectivity index (χ2v) is 4.60. The van der Waals surface area contributed by atoms with Crippen LogP contribution in [0.15, 0.2) is 18.2 Å². The van der Waals surface area contributed by atoms with Crippen LogP contribution >= 0.6 is 0 Å². The van der Waals surface area contributed by atoms with E-state index >= 15 is 0 Å². The van der Waals surface area contributed by atoms with Crippen LogP contribution < -0.4 is 4.90 Å². The highest BCUT2D eigenvalue weighted by Gasteiger charge is 2.41. The number of hydrogen-bond donors (Lipinski definition) is 1. The highest BCUT2D eigenvalue weighted by atomic mass is 19.4. The maximum Gasteiger partial charge on any atom is 0.416 e. The third-order valence-electron chi connectivity index (χ3n) is 3.24. The zero-order valence-electron chi connectivity index (χ0n) is 9.76. The monoisotopic (exact) mass is 263 g/mol. The van der Waals surface area contributed by atoms with Gasteiger partial charge < -0.3 is 10.0 Å². The van der Waals surface area contributed by atoms with E-state index in [1.165, 1.54) is 4.90 Å². The van der Waals surface area contributed by atoms with Gasteiger partial charge in [0.25, 0.3) is 0 Å². The Hall–Kier alpha value is -1.30. The second kappa shape index (κ2) is 4.12. The van der Waals surface area contributed by atoms with E-state index in [1.54, 1.807) is 6.92 Å². The number of β-amino-alcohol motifs (C(OH)–C–C–N with tert-alkyl or cyclic N) is 1. The normalized spacial score (nSPS) is 18.7. The first-order valence-electron chi connectivity index (χ1n) is 5.59. The Morgan fingerprint density at radius 2 is 1.94 bits per heavy atom. The van der Waals surface area contributed by atoms with E-state index in [2.05, 4.69) is 0 Å². The molecule has 0 atom stereocenters. The highest BCUT2D eigenvalue weighted by molar-refractivity contribution is 5.53. The molecule has 1 aromatic carbocycles. The highest BCUT2D eigenvalue weighted by Crippen LogP contribution is 2.35. The van der Waals surface area contributed by atoms with Crippen molar-refractivity contribution in [3.8, 4) is 0 Å². The van der Waals surface area contributed by atoms with Crippen LogP contribution in [0.5, 0.6) is 0 Å². The van der Waals surface area contributed by atoms with Crippen LogP contribution in [-0.2, 0) is 6.18 Å². The van der Waals surface area contributed by atoms with Crippen molar-refractivity contribution in [2.75, 3.05) is 18.0 Å². The molecule has 6 heteroatoms. The predicted octanol–water partition coefficient (Wildman–Crippen LogP) is 2.81. The van der Waals surface area contributed by atoms with Crippen molar-refractivity contribution in [2.45, 2.75) is 25.1 Å². The summed E-state index contributed by atoms with van der Waals surface area (Å²) in [6, 6.07) is 2.44. The van der Waals surface area contributed by atoms with Crippen molar-refractivity contribution in [2.24, 2.45) is 0 Å². The smallest absolute Gasteiger partial charge is 0.386 e. The molecule has 1 fully saturated rings. The number of aliphatic hydroxyl groups is 1. The van der Waals surface area contributed by atoms with Gasteiger partial charge in [0.2, 0.25) is 0 Å². The van der Waals surface area contributed by atoms with Crippen molar-refractivity contribution in [3.63, 3.8) is 0 Å². The Balaban J connectivity index is 2.18. The van der Waals surface area contributed by atoms with Crippen molar-refractivity contribution in [1.82, 2.24) is 0 Å². The van der Waals surface area contributed by atoms with Crippen molar-refractivity contribution in [1.29, 1.82) is 0 Å². The molecular weight excluding hydrogens is 250 g/mol. The summed E-state index contributed by atoms with van der Waals surface area (Å²) in [7, 11) is 0. The number of rotatable bonds is 2. The van der Waals surface area contributed by atoms with Crippen LogP contribution in [-0.4, -0.2) is 23.8 Å². The summed E-state index contributed by atoms with van der Waals surface area (Å²) in [6.07, 6.45) is -4.01. The number of halogens is 4. The molecule has 18 heavy (non-hydrogen) atoms. The summed E-state index contributed by atoms with van der Waals surface area (Å²) >= 11 is 0. The molecule has 1 heterocycles. The molecule has 0 aromatic heterocycles. The maximum atomic E-state index is 13.6. The molecule has 2 nitrogen and oxygen atoms in total. The van der Waals surface area contributed by atoms with Crippen LogP contribution in [0.2, 0.25) is 0 Å². The molecule has 1 N–H and O–H groups in total. The second-order valence-electron chi connectivity index (χ2n) is 4.60. The number of nitrogens with zero attached hydrogens (tertiary/aromatic N) is 1. The molecule has 0 amide bonds. The molecular formula is C12H13F4NO. The minimum Gasteiger partial charge on any atom is -0.386 e. The van der Waals surface area contributed by atoms with Crippen molar-refractivity contribution >= 4 is 5.69 Å². The number of anilines is 1. The lowest BCUT2D eigenvalue weighted by Gasteiger charge is -2.47. The third kappa shape index (κ3) is 2.29. The molecule has 0 unspecified atom stereocenters. The number of benzene rings is 1. The lowest BCUT2D eigenvalue weighted by Crippen LogP contribution is -2.61. The minimum atomic E-state index is -4.54. The average Bonchev–Trinajstić information content (AvgIpc) is 2.24. The molecule has 0 aliphatic carbocycles. The van der Waals surface area contributed by atoms with E-state index in [0.29, 0.717) is 12.5 Å². The molecule has 1 aromatic rings. The summed E-state index contributed by atoms with van der Waals surface area (Å²) in [5.41, 5.74) is -1.76. The number of alkyl halides is 3. The quantitative estimate of drug-likeness (QED) is 0.829. The van der Waals surface area contributed by atoms with Crippen molar-refractivity contribution in [3.05, 3.63) is 29.6 Å². The van der Waals surface area contributed by atoms with Gasteiger partial charge in [-0.25, -0.2) is 4.39 Å². The van der Waals surface area contributed by atoms with Crippen LogP contribution in [0, 0.1) is 5.82 Å². The van der Waals surface area contributed by atoms with Crippen LogP contribution in [0.1, 0.15) is 18.9 Å². The van der Waals surface area contributed by atoms with E-state index < -0.39 is 23.2 Å². The maximum absolute atomic E-state index is 13.6. The SMILES string of the molecule is CCC1(O)CN(c2ccc(C(F)(F)F)cc2F)C1. The molecule has 0 spiro atoms. The standard InChI is InChI=1S/C12H13F4NO/c1-2-11(18)6-17(7-11)10-4-3-8(5-9(10)13)12(14,15)16/h3-5,18H,2,6-7H2,1H3. The van der Waals surface area contributed by atoms with Gasteiger partial charge >= 0.3 is 6.18 Å². The van der Waals surface area contributed by atoms with Gasteiger partial charge in [0.05, 0.1) is 16.9 Å². The lowest BCUT2D eigenvalue weighted by molar-refractivity contribution is -0.137. The Labute approximate surface area is 102 Å². The van der Waals surface area contributed by atoms with Gasteiger partial charge in [0, 0.05) is 13.1 Å². The summed E-state index contributed by atoms with van der Waals surface area (Å²) < 4.78 is 50.6. The molecule has 1 aliphatic rings. The topological polar surface area (TPSA) is 23.5 Å². The van der Waals surface area contributed by atoms with Gasteiger partial charge in [0.1, 0.15) is 5.82 Å². The Bertz CT molecular complexity index is 452. The fourth-order valence-electron chi connectivity index (χ4n) is 2.00. The fourth-order valence-corrected chi connectivity index (χ4v) is 2.00. The molecule has 0 radical (unpaired) electrons. The van der Waals surface area contributed by atoms with Gasteiger partial charge in [-0.1, -0.05) is 6.92 Å². The molecule has 0 saturated carbocycles. The van der Waals surface area contributed by atoms with E-state index in [-0.39, 0.29) is 18.8 Å². The minimum absolute atomic E-state index is 0.0983. The van der Waals surface area contributed by atoms with Crippen LogP contribution in [0.4, 0.5) is 23.2 Å². The molecule has 1 saturated heterocycles. The lowest BCUT2D eigenvalue weighted by atomic mass is 9.90. The molecule has 0 bridgehead atoms. The number of hydrogen-bond acceptors (Lipinski definition) is 2. The Morgan fingerprint density at radius 1 is 1.33 bits per heavy atom. The predicted molar refractivity (Wildman–Crippen MR) is 58.9 cm³/mol. The van der Waals surface area contributed by atoms with Crippen LogP contribution in [0.3, 0.4) is 0 Å². The zero-order valence-corrected chi connectivity index (χ0v) is 9.76.